The normalized spacial score (nSPS) is 22.7. The minimum atomic E-state index is -2.84. The maximum atomic E-state index is 11.4. The van der Waals surface area contributed by atoms with Crippen LogP contribution in [0.15, 0.2) is 0 Å². The molecule has 1 saturated heterocycles. The third-order valence-electron chi connectivity index (χ3n) is 2.89. The first-order chi connectivity index (χ1) is 8.46. The van der Waals surface area contributed by atoms with Crippen molar-refractivity contribution in [1.29, 1.82) is 0 Å². The first-order valence-electron chi connectivity index (χ1n) is 6.19. The maximum absolute atomic E-state index is 11.4. The molecular formula is C11H19N3O2S2. The largest absolute Gasteiger partial charge is 0.310 e. The highest BCUT2D eigenvalue weighted by molar-refractivity contribution is 7.91. The molecule has 1 fully saturated rings. The average molecular weight is 289 g/mol. The molecule has 0 spiro atoms. The van der Waals surface area contributed by atoms with E-state index in [1.807, 2.05) is 0 Å². The molecule has 102 valence electrons. The molecule has 5 nitrogen and oxygen atoms in total. The summed E-state index contributed by atoms with van der Waals surface area (Å²) < 4.78 is 22.8. The molecule has 1 unspecified atom stereocenters. The summed E-state index contributed by atoms with van der Waals surface area (Å²) in [6.07, 6.45) is 0.691. The predicted molar refractivity (Wildman–Crippen MR) is 72.5 cm³/mol. The second-order valence-electron chi connectivity index (χ2n) is 5.16. The Bertz CT molecular complexity index is 496. The van der Waals surface area contributed by atoms with Crippen LogP contribution in [-0.4, -0.2) is 36.7 Å². The van der Waals surface area contributed by atoms with Gasteiger partial charge in [0.2, 0.25) is 0 Å². The Morgan fingerprint density at radius 2 is 2.22 bits per heavy atom. The first kappa shape index (κ1) is 13.9. The van der Waals surface area contributed by atoms with E-state index in [1.165, 1.54) is 11.3 Å². The Balaban J connectivity index is 1.90. The van der Waals surface area contributed by atoms with E-state index in [2.05, 4.69) is 29.4 Å². The van der Waals surface area contributed by atoms with Gasteiger partial charge in [-0.15, -0.1) is 10.2 Å². The van der Waals surface area contributed by atoms with E-state index in [-0.39, 0.29) is 17.4 Å². The van der Waals surface area contributed by atoms with Gasteiger partial charge in [0.05, 0.1) is 11.5 Å². The lowest BCUT2D eigenvalue weighted by atomic mass is 10.1. The van der Waals surface area contributed by atoms with Crippen molar-refractivity contribution in [2.75, 3.05) is 18.1 Å². The molecule has 1 aliphatic rings. The molecule has 0 saturated carbocycles. The molecule has 2 heterocycles. The molecule has 0 radical (unpaired) electrons. The van der Waals surface area contributed by atoms with Gasteiger partial charge in [-0.05, 0) is 18.9 Å². The third-order valence-corrected chi connectivity index (χ3v) is 5.75. The van der Waals surface area contributed by atoms with Gasteiger partial charge in [-0.25, -0.2) is 8.42 Å². The predicted octanol–water partition coefficient (Wildman–Crippen LogP) is 1.19. The van der Waals surface area contributed by atoms with Crippen LogP contribution in [0.2, 0.25) is 0 Å². The van der Waals surface area contributed by atoms with E-state index >= 15 is 0 Å². The van der Waals surface area contributed by atoms with E-state index in [0.717, 1.165) is 23.1 Å². The molecular weight excluding hydrogens is 270 g/mol. The maximum Gasteiger partial charge on any atom is 0.151 e. The minimum Gasteiger partial charge on any atom is -0.310 e. The Labute approximate surface area is 112 Å². The summed E-state index contributed by atoms with van der Waals surface area (Å²) in [4.78, 5) is 0. The topological polar surface area (TPSA) is 72.0 Å². The highest BCUT2D eigenvalue weighted by Gasteiger charge is 2.31. The van der Waals surface area contributed by atoms with Gasteiger partial charge >= 0.3 is 0 Å². The molecule has 1 N–H and O–H groups in total. The number of nitrogens with one attached hydrogen (secondary N) is 1. The summed E-state index contributed by atoms with van der Waals surface area (Å²) in [5.41, 5.74) is 0. The van der Waals surface area contributed by atoms with Crippen molar-refractivity contribution >= 4 is 21.2 Å². The van der Waals surface area contributed by atoms with Crippen LogP contribution in [0.3, 0.4) is 0 Å². The van der Waals surface area contributed by atoms with Gasteiger partial charge in [-0.2, -0.15) is 0 Å². The van der Waals surface area contributed by atoms with Crippen molar-refractivity contribution in [2.45, 2.75) is 32.7 Å². The summed E-state index contributed by atoms with van der Waals surface area (Å²) in [7, 11) is -2.84. The Hall–Kier alpha value is -0.530. The van der Waals surface area contributed by atoms with Gasteiger partial charge in [0, 0.05) is 12.5 Å². The van der Waals surface area contributed by atoms with E-state index in [0.29, 0.717) is 12.3 Å². The fourth-order valence-corrected chi connectivity index (χ4v) is 4.76. The molecule has 1 aliphatic heterocycles. The summed E-state index contributed by atoms with van der Waals surface area (Å²) in [5.74, 6) is 1.20. The van der Waals surface area contributed by atoms with Gasteiger partial charge < -0.3 is 5.32 Å². The monoisotopic (exact) mass is 289 g/mol. The van der Waals surface area contributed by atoms with Crippen LogP contribution >= 0.6 is 11.3 Å². The lowest BCUT2D eigenvalue weighted by Crippen LogP contribution is -2.18. The molecule has 0 amide bonds. The molecule has 0 aliphatic carbocycles. The van der Waals surface area contributed by atoms with Gasteiger partial charge in [-0.1, -0.05) is 25.2 Å². The van der Waals surface area contributed by atoms with Crippen molar-refractivity contribution < 1.29 is 8.42 Å². The van der Waals surface area contributed by atoms with Crippen LogP contribution < -0.4 is 5.32 Å². The summed E-state index contributed by atoms with van der Waals surface area (Å²) >= 11 is 1.53. The van der Waals surface area contributed by atoms with Crippen molar-refractivity contribution in [2.24, 2.45) is 5.92 Å². The smallest absolute Gasteiger partial charge is 0.151 e. The molecule has 1 aromatic heterocycles. The third kappa shape index (κ3) is 3.73. The Kier molecular flexibility index (Phi) is 4.34. The van der Waals surface area contributed by atoms with Crippen molar-refractivity contribution in [3.05, 3.63) is 10.0 Å². The molecule has 7 heteroatoms. The van der Waals surface area contributed by atoms with Crippen LogP contribution in [0, 0.1) is 5.92 Å². The van der Waals surface area contributed by atoms with Crippen molar-refractivity contribution in [3.63, 3.8) is 0 Å². The lowest BCUT2D eigenvalue weighted by Gasteiger charge is -2.04. The van der Waals surface area contributed by atoms with E-state index in [1.54, 1.807) is 0 Å². The second kappa shape index (κ2) is 5.63. The van der Waals surface area contributed by atoms with Crippen molar-refractivity contribution in [1.82, 2.24) is 15.5 Å². The SMILES string of the molecule is CC(C)CNCc1nnc(C2CCS(=O)(=O)C2)s1. The van der Waals surface area contributed by atoms with Crippen LogP contribution in [0.25, 0.3) is 0 Å². The van der Waals surface area contributed by atoms with E-state index in [9.17, 15) is 8.42 Å². The number of aromatic nitrogens is 2. The molecule has 0 aromatic carbocycles. The zero-order chi connectivity index (χ0) is 13.2. The zero-order valence-corrected chi connectivity index (χ0v) is 12.4. The number of sulfone groups is 1. The number of hydrogen-bond acceptors (Lipinski definition) is 6. The molecule has 2 rings (SSSR count). The summed E-state index contributed by atoms with van der Waals surface area (Å²) in [6, 6.07) is 0. The quantitative estimate of drug-likeness (QED) is 0.881. The average Bonchev–Trinajstić information content (AvgIpc) is 2.84. The standard InChI is InChI=1S/C11H19N3O2S2/c1-8(2)5-12-6-10-13-14-11(17-10)9-3-4-18(15,16)7-9/h8-9,12H,3-7H2,1-2H3. The number of rotatable bonds is 5. The van der Waals surface area contributed by atoms with E-state index in [4.69, 9.17) is 0 Å². The molecule has 18 heavy (non-hydrogen) atoms. The van der Waals surface area contributed by atoms with Crippen LogP contribution in [-0.2, 0) is 16.4 Å². The fourth-order valence-electron chi connectivity index (χ4n) is 1.96. The summed E-state index contributed by atoms with van der Waals surface area (Å²) in [5, 5.41) is 13.4. The zero-order valence-electron chi connectivity index (χ0n) is 10.7. The van der Waals surface area contributed by atoms with Gasteiger partial charge in [0.15, 0.2) is 9.84 Å². The summed E-state index contributed by atoms with van der Waals surface area (Å²) in [6.45, 7) is 5.98. The van der Waals surface area contributed by atoms with Crippen LogP contribution in [0.5, 0.6) is 0 Å². The fraction of sp³-hybridized carbons (Fsp3) is 0.818. The molecule has 1 aromatic rings. The van der Waals surface area contributed by atoms with Crippen LogP contribution in [0.1, 0.15) is 36.2 Å². The molecule has 0 bridgehead atoms. The first-order valence-corrected chi connectivity index (χ1v) is 8.83. The Morgan fingerprint density at radius 1 is 1.44 bits per heavy atom. The van der Waals surface area contributed by atoms with Crippen LogP contribution in [0.4, 0.5) is 0 Å². The van der Waals surface area contributed by atoms with Gasteiger partial charge in [0.25, 0.3) is 0 Å². The van der Waals surface area contributed by atoms with Crippen molar-refractivity contribution in [3.8, 4) is 0 Å². The van der Waals surface area contributed by atoms with E-state index < -0.39 is 9.84 Å². The minimum absolute atomic E-state index is 0.0614. The number of hydrogen-bond donors (Lipinski definition) is 1. The second-order valence-corrected chi connectivity index (χ2v) is 8.48. The lowest BCUT2D eigenvalue weighted by molar-refractivity contribution is 0.550. The van der Waals surface area contributed by atoms with Gasteiger partial charge in [-0.3, -0.25) is 0 Å². The van der Waals surface area contributed by atoms with Gasteiger partial charge in [0.1, 0.15) is 10.0 Å². The molecule has 1 atom stereocenters. The highest BCUT2D eigenvalue weighted by atomic mass is 32.2. The Morgan fingerprint density at radius 3 is 2.83 bits per heavy atom. The highest BCUT2D eigenvalue weighted by Crippen LogP contribution is 2.30. The number of nitrogens with zero attached hydrogens (tertiary/aromatic N) is 2.